The molecule has 0 aromatic carbocycles. The Kier molecular flexibility index (Phi) is 3.98. The Morgan fingerprint density at radius 2 is 2.33 bits per heavy atom. The Labute approximate surface area is 87.6 Å². The average Bonchev–Trinajstić information content (AvgIpc) is 2.14. The maximum atomic E-state index is 12.7. The normalized spacial score (nSPS) is 23.9. The Morgan fingerprint density at radius 1 is 1.67 bits per heavy atom. The summed E-state index contributed by atoms with van der Waals surface area (Å²) in [7, 11) is 1.29. The molecule has 1 aliphatic heterocycles. The second-order valence-corrected chi connectivity index (χ2v) is 3.84. The molecule has 0 bridgehead atoms. The third kappa shape index (κ3) is 4.09. The molecule has 1 N–H and O–H groups in total. The van der Waals surface area contributed by atoms with Crippen LogP contribution >= 0.6 is 0 Å². The average molecular weight is 222 g/mol. The molecule has 6 heteroatoms. The van der Waals surface area contributed by atoms with E-state index in [2.05, 4.69) is 10.1 Å². The first-order valence-corrected chi connectivity index (χ1v) is 4.84. The van der Waals surface area contributed by atoms with Crippen LogP contribution in [0, 0.1) is 0 Å². The van der Waals surface area contributed by atoms with Crippen LogP contribution in [0.1, 0.15) is 6.92 Å². The van der Waals surface area contributed by atoms with Gasteiger partial charge >= 0.3 is 5.97 Å². The molecule has 0 aromatic heterocycles. The molecule has 0 amide bonds. The minimum Gasteiger partial charge on any atom is -0.468 e. The Balaban J connectivity index is 2.46. The maximum Gasteiger partial charge on any atom is 0.324 e. The SMILES string of the molecule is COC(=O)C1CN(CC(C)(F)F)CCN1. The molecule has 0 aliphatic carbocycles. The lowest BCUT2D eigenvalue weighted by Crippen LogP contribution is -2.56. The van der Waals surface area contributed by atoms with E-state index in [1.807, 2.05) is 0 Å². The summed E-state index contributed by atoms with van der Waals surface area (Å²) >= 11 is 0. The summed E-state index contributed by atoms with van der Waals surface area (Å²) in [5.74, 6) is -3.13. The molecule has 1 fully saturated rings. The zero-order valence-electron chi connectivity index (χ0n) is 8.93. The minimum absolute atomic E-state index is 0.274. The second-order valence-electron chi connectivity index (χ2n) is 3.84. The fraction of sp³-hybridized carbons (Fsp3) is 0.889. The number of alkyl halides is 2. The van der Waals surface area contributed by atoms with Gasteiger partial charge in [0.05, 0.1) is 13.7 Å². The van der Waals surface area contributed by atoms with Crippen LogP contribution in [-0.2, 0) is 9.53 Å². The number of esters is 1. The van der Waals surface area contributed by atoms with Crippen molar-refractivity contribution < 1.29 is 18.3 Å². The van der Waals surface area contributed by atoms with E-state index in [0.29, 0.717) is 13.1 Å². The first-order chi connectivity index (χ1) is 6.92. The van der Waals surface area contributed by atoms with E-state index in [0.717, 1.165) is 6.92 Å². The van der Waals surface area contributed by atoms with E-state index < -0.39 is 17.9 Å². The molecular formula is C9H16F2N2O2. The van der Waals surface area contributed by atoms with Crippen LogP contribution in [0.4, 0.5) is 8.78 Å². The molecule has 15 heavy (non-hydrogen) atoms. The van der Waals surface area contributed by atoms with Crippen molar-refractivity contribution in [1.82, 2.24) is 10.2 Å². The number of nitrogens with one attached hydrogen (secondary N) is 1. The smallest absolute Gasteiger partial charge is 0.324 e. The highest BCUT2D eigenvalue weighted by Gasteiger charge is 2.31. The summed E-state index contributed by atoms with van der Waals surface area (Å²) in [6, 6.07) is -0.494. The second kappa shape index (κ2) is 4.85. The summed E-state index contributed by atoms with van der Waals surface area (Å²) in [5.41, 5.74) is 0. The lowest BCUT2D eigenvalue weighted by atomic mass is 10.2. The molecule has 1 unspecified atom stereocenters. The number of halogens is 2. The highest BCUT2D eigenvalue weighted by Crippen LogP contribution is 2.14. The Hall–Kier alpha value is -0.750. The van der Waals surface area contributed by atoms with Crippen molar-refractivity contribution in [2.24, 2.45) is 0 Å². The van der Waals surface area contributed by atoms with Crippen molar-refractivity contribution in [1.29, 1.82) is 0 Å². The molecule has 1 saturated heterocycles. The molecule has 1 aliphatic rings. The highest BCUT2D eigenvalue weighted by molar-refractivity contribution is 5.76. The van der Waals surface area contributed by atoms with Gasteiger partial charge in [-0.25, -0.2) is 8.78 Å². The number of methoxy groups -OCH3 is 1. The van der Waals surface area contributed by atoms with Crippen LogP contribution in [0.3, 0.4) is 0 Å². The van der Waals surface area contributed by atoms with Crippen LogP contribution in [0.5, 0.6) is 0 Å². The number of ether oxygens (including phenoxy) is 1. The van der Waals surface area contributed by atoms with Gasteiger partial charge in [-0.2, -0.15) is 0 Å². The number of piperazine rings is 1. The zero-order valence-corrected chi connectivity index (χ0v) is 8.93. The first kappa shape index (κ1) is 12.3. The van der Waals surface area contributed by atoms with Crippen LogP contribution in [-0.4, -0.2) is 56.1 Å². The van der Waals surface area contributed by atoms with Gasteiger partial charge in [0.1, 0.15) is 6.04 Å². The number of rotatable bonds is 3. The van der Waals surface area contributed by atoms with Gasteiger partial charge in [0, 0.05) is 26.6 Å². The van der Waals surface area contributed by atoms with Crippen molar-refractivity contribution in [3.8, 4) is 0 Å². The number of carbonyl (C=O) groups excluding carboxylic acids is 1. The van der Waals surface area contributed by atoms with Crippen molar-refractivity contribution in [2.75, 3.05) is 33.3 Å². The molecular weight excluding hydrogens is 206 g/mol. The molecule has 0 spiro atoms. The number of nitrogens with zero attached hydrogens (tertiary/aromatic N) is 1. The summed E-state index contributed by atoms with van der Waals surface area (Å²) in [6.07, 6.45) is 0. The fourth-order valence-electron chi connectivity index (χ4n) is 1.65. The van der Waals surface area contributed by atoms with E-state index in [9.17, 15) is 13.6 Å². The summed E-state index contributed by atoms with van der Waals surface area (Å²) < 4.78 is 30.0. The van der Waals surface area contributed by atoms with Crippen LogP contribution in [0.15, 0.2) is 0 Å². The van der Waals surface area contributed by atoms with Gasteiger partial charge in [0.15, 0.2) is 0 Å². The van der Waals surface area contributed by atoms with Gasteiger partial charge in [0.2, 0.25) is 0 Å². The molecule has 1 atom stereocenters. The van der Waals surface area contributed by atoms with Gasteiger partial charge < -0.3 is 10.1 Å². The third-order valence-electron chi connectivity index (χ3n) is 2.25. The zero-order chi connectivity index (χ0) is 11.5. The molecule has 0 saturated carbocycles. The largest absolute Gasteiger partial charge is 0.468 e. The fourth-order valence-corrected chi connectivity index (χ4v) is 1.65. The van der Waals surface area contributed by atoms with E-state index in [1.165, 1.54) is 7.11 Å². The van der Waals surface area contributed by atoms with Crippen LogP contribution in [0.25, 0.3) is 0 Å². The standard InChI is InChI=1S/C9H16F2N2O2/c1-9(10,11)6-13-4-3-12-7(5-13)8(14)15-2/h7,12H,3-6H2,1-2H3. The summed E-state index contributed by atoms with van der Waals surface area (Å²) in [4.78, 5) is 12.7. The molecule has 4 nitrogen and oxygen atoms in total. The van der Waals surface area contributed by atoms with E-state index in [4.69, 9.17) is 0 Å². The maximum absolute atomic E-state index is 12.7. The van der Waals surface area contributed by atoms with Crippen molar-refractivity contribution in [3.63, 3.8) is 0 Å². The number of carbonyl (C=O) groups is 1. The molecule has 0 radical (unpaired) electrons. The lowest BCUT2D eigenvalue weighted by Gasteiger charge is -2.33. The van der Waals surface area contributed by atoms with Gasteiger partial charge in [-0.1, -0.05) is 0 Å². The summed E-state index contributed by atoms with van der Waals surface area (Å²) in [6.45, 7) is 1.88. The number of hydrogen-bond acceptors (Lipinski definition) is 4. The summed E-state index contributed by atoms with van der Waals surface area (Å²) in [5, 5.41) is 2.92. The first-order valence-electron chi connectivity index (χ1n) is 4.84. The van der Waals surface area contributed by atoms with Gasteiger partial charge in [0.25, 0.3) is 5.92 Å². The van der Waals surface area contributed by atoms with E-state index in [1.54, 1.807) is 4.90 Å². The van der Waals surface area contributed by atoms with Crippen molar-refractivity contribution in [3.05, 3.63) is 0 Å². The Morgan fingerprint density at radius 3 is 2.87 bits per heavy atom. The van der Waals surface area contributed by atoms with Crippen LogP contribution < -0.4 is 5.32 Å². The monoisotopic (exact) mass is 222 g/mol. The predicted octanol–water partition coefficient (Wildman–Crippen LogP) is 0.0884. The van der Waals surface area contributed by atoms with Crippen molar-refractivity contribution in [2.45, 2.75) is 18.9 Å². The molecule has 88 valence electrons. The van der Waals surface area contributed by atoms with Crippen molar-refractivity contribution >= 4 is 5.97 Å². The van der Waals surface area contributed by atoms with E-state index in [-0.39, 0.29) is 13.1 Å². The Bertz CT molecular complexity index is 231. The van der Waals surface area contributed by atoms with E-state index >= 15 is 0 Å². The highest BCUT2D eigenvalue weighted by atomic mass is 19.3. The quantitative estimate of drug-likeness (QED) is 0.687. The molecule has 1 heterocycles. The van der Waals surface area contributed by atoms with Gasteiger partial charge in [-0.3, -0.25) is 9.69 Å². The van der Waals surface area contributed by atoms with Gasteiger partial charge in [-0.05, 0) is 0 Å². The molecule has 1 rings (SSSR count). The molecule has 0 aromatic rings. The minimum atomic E-state index is -2.72. The number of hydrogen-bond donors (Lipinski definition) is 1. The predicted molar refractivity (Wildman–Crippen MR) is 50.9 cm³/mol. The third-order valence-corrected chi connectivity index (χ3v) is 2.25. The topological polar surface area (TPSA) is 41.6 Å². The van der Waals surface area contributed by atoms with Gasteiger partial charge in [-0.15, -0.1) is 0 Å². The van der Waals surface area contributed by atoms with Crippen LogP contribution in [0.2, 0.25) is 0 Å². The lowest BCUT2D eigenvalue weighted by molar-refractivity contribution is -0.145.